The number of aromatic amines is 1. The number of rotatable bonds is 11. The topological polar surface area (TPSA) is 118 Å². The van der Waals surface area contributed by atoms with E-state index < -0.39 is 6.29 Å². The molecule has 0 saturated heterocycles. The van der Waals surface area contributed by atoms with Crippen LogP contribution in [0.25, 0.3) is 33.9 Å². The van der Waals surface area contributed by atoms with Crippen LogP contribution in [0.15, 0.2) is 73.2 Å². The Morgan fingerprint density at radius 3 is 2.49 bits per heavy atom. The second kappa shape index (κ2) is 12.0. The molecule has 0 atom stereocenters. The van der Waals surface area contributed by atoms with Crippen LogP contribution < -0.4 is 4.73 Å². The number of imidazole rings is 1. The Bertz CT molecular complexity index is 1510. The number of unbranched alkanes of at least 4 members (excludes halogenated alkanes) is 1. The van der Waals surface area contributed by atoms with E-state index in [-0.39, 0.29) is 0 Å². The van der Waals surface area contributed by atoms with Crippen LogP contribution in [0, 0.1) is 5.21 Å². The van der Waals surface area contributed by atoms with E-state index in [0.29, 0.717) is 30.0 Å². The van der Waals surface area contributed by atoms with E-state index in [9.17, 15) is 5.21 Å². The molecule has 0 aliphatic carbocycles. The maximum atomic E-state index is 12.8. The number of ether oxygens (including phenoxy) is 2. The number of aryl methyl sites for hydroxylation is 1. The predicted octanol–water partition coefficient (Wildman–Crippen LogP) is 4.71. The van der Waals surface area contributed by atoms with E-state index in [2.05, 4.69) is 61.4 Å². The molecule has 0 radical (unpaired) electrons. The molecule has 5 aromatic rings. The molecule has 0 fully saturated rings. The van der Waals surface area contributed by atoms with Gasteiger partial charge in [0.2, 0.25) is 5.82 Å². The molecule has 0 bridgehead atoms. The second-order valence-electron chi connectivity index (χ2n) is 9.22. The van der Waals surface area contributed by atoms with Crippen molar-refractivity contribution in [2.75, 3.05) is 14.2 Å². The normalized spacial score (nSPS) is 11.4. The highest BCUT2D eigenvalue weighted by molar-refractivity contribution is 5.80. The van der Waals surface area contributed by atoms with E-state index in [1.54, 1.807) is 26.6 Å². The molecular formula is C29H31N7O3. The van der Waals surface area contributed by atoms with Gasteiger partial charge in [-0.05, 0) is 28.3 Å². The Kier molecular flexibility index (Phi) is 8.04. The van der Waals surface area contributed by atoms with Crippen molar-refractivity contribution < 1.29 is 14.2 Å². The first-order valence-electron chi connectivity index (χ1n) is 12.9. The average molecular weight is 526 g/mol. The molecule has 10 nitrogen and oxygen atoms in total. The molecule has 3 aromatic heterocycles. The number of aromatic nitrogens is 7. The summed E-state index contributed by atoms with van der Waals surface area (Å²) in [4.78, 5) is 4.67. The average Bonchev–Trinajstić information content (AvgIpc) is 3.67. The maximum Gasteiger partial charge on any atom is 0.205 e. The van der Waals surface area contributed by atoms with Gasteiger partial charge in [0.05, 0.1) is 5.56 Å². The van der Waals surface area contributed by atoms with Crippen LogP contribution in [0.2, 0.25) is 0 Å². The highest BCUT2D eigenvalue weighted by atomic mass is 16.7. The first-order valence-corrected chi connectivity index (χ1v) is 12.9. The molecule has 0 aliphatic heterocycles. The van der Waals surface area contributed by atoms with Crippen LogP contribution in [-0.2, 0) is 22.4 Å². The second-order valence-corrected chi connectivity index (χ2v) is 9.22. The Balaban J connectivity index is 1.46. The van der Waals surface area contributed by atoms with Crippen molar-refractivity contribution in [3.63, 3.8) is 0 Å². The molecule has 0 saturated carbocycles. The number of H-pyrrole nitrogens is 1. The van der Waals surface area contributed by atoms with Crippen molar-refractivity contribution in [1.29, 1.82) is 0 Å². The van der Waals surface area contributed by atoms with Crippen molar-refractivity contribution in [2.45, 2.75) is 39.0 Å². The van der Waals surface area contributed by atoms with Gasteiger partial charge in [-0.25, -0.2) is 4.98 Å². The highest BCUT2D eigenvalue weighted by Crippen LogP contribution is 2.32. The first-order chi connectivity index (χ1) is 19.1. The number of tetrazole rings is 1. The quantitative estimate of drug-likeness (QED) is 0.151. The summed E-state index contributed by atoms with van der Waals surface area (Å²) in [6, 6.07) is 18.3. The Morgan fingerprint density at radius 2 is 1.79 bits per heavy atom. The van der Waals surface area contributed by atoms with E-state index >= 15 is 0 Å². The zero-order valence-corrected chi connectivity index (χ0v) is 22.2. The zero-order chi connectivity index (χ0) is 27.2. The van der Waals surface area contributed by atoms with E-state index in [1.165, 1.54) is 0 Å². The summed E-state index contributed by atoms with van der Waals surface area (Å²) in [5.74, 6) is 1.30. The van der Waals surface area contributed by atoms with E-state index in [4.69, 9.17) is 9.47 Å². The minimum atomic E-state index is -0.691. The lowest BCUT2D eigenvalue weighted by Gasteiger charge is -2.19. The number of benzene rings is 2. The van der Waals surface area contributed by atoms with Crippen molar-refractivity contribution in [2.24, 2.45) is 0 Å². The summed E-state index contributed by atoms with van der Waals surface area (Å²) in [6.07, 6.45) is 7.18. The molecule has 1 N–H and O–H groups in total. The number of hydrogen-bond acceptors (Lipinski definition) is 7. The summed E-state index contributed by atoms with van der Waals surface area (Å²) < 4.78 is 14.0. The monoisotopic (exact) mass is 525 g/mol. The summed E-state index contributed by atoms with van der Waals surface area (Å²) in [5, 5.41) is 27.3. The Hall–Kier alpha value is -4.41. The standard InChI is InChI=1S/C29H31N7O3/c1-4-5-8-22-17-25(26(19-36(22)37)29(38-2)39-3)28-30-15-16-35(28)18-20-11-13-21(14-12-20)23-9-6-7-10-24(23)27-31-33-34-32-27/h6-7,9-17,19,29H,4-5,8,18H2,1-3H3,(H,31,32,33,34). The molecule has 0 amide bonds. The lowest BCUT2D eigenvalue weighted by Crippen LogP contribution is -2.33. The molecule has 3 heterocycles. The van der Waals surface area contributed by atoms with Gasteiger partial charge in [-0.1, -0.05) is 61.9 Å². The van der Waals surface area contributed by atoms with E-state index in [0.717, 1.165) is 51.2 Å². The first kappa shape index (κ1) is 26.2. The van der Waals surface area contributed by atoms with Gasteiger partial charge >= 0.3 is 0 Å². The van der Waals surface area contributed by atoms with E-state index in [1.807, 2.05) is 36.5 Å². The molecular weight excluding hydrogens is 494 g/mol. The minimum absolute atomic E-state index is 0.555. The number of pyridine rings is 1. The van der Waals surface area contributed by atoms with Crippen molar-refractivity contribution in [1.82, 2.24) is 30.2 Å². The number of hydrogen-bond donors (Lipinski definition) is 1. The molecule has 200 valence electrons. The third-order valence-electron chi connectivity index (χ3n) is 6.72. The fraction of sp³-hybridized carbons (Fsp3) is 0.276. The highest BCUT2D eigenvalue weighted by Gasteiger charge is 2.24. The van der Waals surface area contributed by atoms with Gasteiger partial charge in [-0.2, -0.15) is 9.94 Å². The molecule has 0 spiro atoms. The smallest absolute Gasteiger partial charge is 0.205 e. The maximum absolute atomic E-state index is 12.8. The van der Waals surface area contributed by atoms with Crippen LogP contribution >= 0.6 is 0 Å². The van der Waals surface area contributed by atoms with Crippen LogP contribution in [-0.4, -0.2) is 44.4 Å². The number of methoxy groups -OCH3 is 2. The largest absolute Gasteiger partial charge is 0.618 e. The van der Waals surface area contributed by atoms with Crippen molar-refractivity contribution in [3.8, 4) is 33.9 Å². The van der Waals surface area contributed by atoms with Gasteiger partial charge in [-0.15, -0.1) is 10.2 Å². The van der Waals surface area contributed by atoms with Gasteiger partial charge in [0.15, 0.2) is 18.2 Å². The van der Waals surface area contributed by atoms with Gasteiger partial charge in [0.25, 0.3) is 0 Å². The molecule has 0 unspecified atom stereocenters. The van der Waals surface area contributed by atoms with Crippen LogP contribution in [0.3, 0.4) is 0 Å². The summed E-state index contributed by atoms with van der Waals surface area (Å²) >= 11 is 0. The molecule has 10 heteroatoms. The van der Waals surface area contributed by atoms with Crippen LogP contribution in [0.5, 0.6) is 0 Å². The lowest BCUT2D eigenvalue weighted by molar-refractivity contribution is -0.614. The summed E-state index contributed by atoms with van der Waals surface area (Å²) in [5.41, 5.74) is 6.24. The van der Waals surface area contributed by atoms with Gasteiger partial charge in [0.1, 0.15) is 5.82 Å². The zero-order valence-electron chi connectivity index (χ0n) is 22.2. The fourth-order valence-corrected chi connectivity index (χ4v) is 4.74. The Morgan fingerprint density at radius 1 is 1.03 bits per heavy atom. The molecule has 5 rings (SSSR count). The third kappa shape index (κ3) is 5.57. The van der Waals surface area contributed by atoms with Gasteiger partial charge in [0, 0.05) is 56.8 Å². The van der Waals surface area contributed by atoms with Crippen LogP contribution in [0.4, 0.5) is 0 Å². The SMILES string of the molecule is CCCCc1cc(-c2nccn2Cc2ccc(-c3ccccc3-c3nn[nH]n3)cc2)c(C(OC)OC)c[n+]1[O-]. The number of nitrogens with zero attached hydrogens (tertiary/aromatic N) is 6. The number of nitrogens with one attached hydrogen (secondary N) is 1. The lowest BCUT2D eigenvalue weighted by atomic mass is 9.98. The fourth-order valence-electron chi connectivity index (χ4n) is 4.74. The third-order valence-corrected chi connectivity index (χ3v) is 6.72. The summed E-state index contributed by atoms with van der Waals surface area (Å²) in [7, 11) is 3.12. The Labute approximate surface area is 226 Å². The molecule has 39 heavy (non-hydrogen) atoms. The van der Waals surface area contributed by atoms with Crippen molar-refractivity contribution in [3.05, 3.63) is 95.2 Å². The van der Waals surface area contributed by atoms with Gasteiger partial charge in [-0.3, -0.25) is 0 Å². The molecule has 2 aromatic carbocycles. The van der Waals surface area contributed by atoms with Gasteiger partial charge < -0.3 is 19.2 Å². The van der Waals surface area contributed by atoms with Crippen LogP contribution in [0.1, 0.15) is 42.9 Å². The molecule has 0 aliphatic rings. The summed E-state index contributed by atoms with van der Waals surface area (Å²) in [6.45, 7) is 2.71. The minimum Gasteiger partial charge on any atom is -0.618 e. The van der Waals surface area contributed by atoms with Crippen molar-refractivity contribution >= 4 is 0 Å². The predicted molar refractivity (Wildman–Crippen MR) is 146 cm³/mol.